The van der Waals surface area contributed by atoms with Crippen molar-refractivity contribution >= 4 is 5.78 Å². The summed E-state index contributed by atoms with van der Waals surface area (Å²) in [6, 6.07) is 3.03. The van der Waals surface area contributed by atoms with Crippen LogP contribution in [0, 0.1) is 0 Å². The fourth-order valence-electron chi connectivity index (χ4n) is 2.05. The lowest BCUT2D eigenvalue weighted by Crippen LogP contribution is -2.27. The van der Waals surface area contributed by atoms with Crippen molar-refractivity contribution in [3.05, 3.63) is 29.3 Å². The van der Waals surface area contributed by atoms with Gasteiger partial charge < -0.3 is 4.74 Å². The van der Waals surface area contributed by atoms with Gasteiger partial charge in [0.05, 0.1) is 11.1 Å². The molecule has 5 heteroatoms. The topological polar surface area (TPSA) is 26.3 Å². The number of carbonyl (C=O) groups excluding carboxylic acids is 1. The van der Waals surface area contributed by atoms with Crippen molar-refractivity contribution in [1.29, 1.82) is 0 Å². The molecule has 1 aliphatic heterocycles. The highest BCUT2D eigenvalue weighted by Gasteiger charge is 2.33. The number of hydrogen-bond donors (Lipinski definition) is 0. The van der Waals surface area contributed by atoms with Crippen molar-refractivity contribution < 1.29 is 22.7 Å². The van der Waals surface area contributed by atoms with E-state index in [1.54, 1.807) is 0 Å². The van der Waals surface area contributed by atoms with Gasteiger partial charge in [0.1, 0.15) is 11.9 Å². The zero-order chi connectivity index (χ0) is 13.3. The minimum absolute atomic E-state index is 0.0551. The number of ether oxygens (including phenoxy) is 1. The highest BCUT2D eigenvalue weighted by Crippen LogP contribution is 2.36. The summed E-state index contributed by atoms with van der Waals surface area (Å²) in [5.41, 5.74) is -0.540. The van der Waals surface area contributed by atoms with E-state index in [0.717, 1.165) is 18.6 Å². The Labute approximate surface area is 103 Å². The van der Waals surface area contributed by atoms with E-state index < -0.39 is 11.7 Å². The Balaban J connectivity index is 2.34. The molecule has 1 unspecified atom stereocenters. The van der Waals surface area contributed by atoms with E-state index in [1.165, 1.54) is 6.07 Å². The quantitative estimate of drug-likeness (QED) is 0.805. The zero-order valence-electron chi connectivity index (χ0n) is 9.88. The predicted molar refractivity (Wildman–Crippen MR) is 59.7 cm³/mol. The van der Waals surface area contributed by atoms with Gasteiger partial charge in [0.2, 0.25) is 0 Å². The number of benzene rings is 1. The maximum atomic E-state index is 12.6. The van der Waals surface area contributed by atoms with Crippen molar-refractivity contribution in [2.24, 2.45) is 0 Å². The van der Waals surface area contributed by atoms with Gasteiger partial charge in [0.15, 0.2) is 5.78 Å². The lowest BCUT2D eigenvalue weighted by molar-refractivity contribution is -0.137. The molecule has 0 N–H and O–H groups in total. The van der Waals surface area contributed by atoms with Crippen LogP contribution in [0.5, 0.6) is 5.75 Å². The Morgan fingerprint density at radius 2 is 2.11 bits per heavy atom. The van der Waals surface area contributed by atoms with Crippen LogP contribution in [0.3, 0.4) is 0 Å². The van der Waals surface area contributed by atoms with Crippen molar-refractivity contribution in [2.75, 3.05) is 0 Å². The first-order chi connectivity index (χ1) is 8.41. The molecule has 2 rings (SSSR count). The molecule has 0 radical (unpaired) electrons. The number of hydrogen-bond acceptors (Lipinski definition) is 2. The normalized spacial score (nSPS) is 19.3. The van der Waals surface area contributed by atoms with Crippen LogP contribution < -0.4 is 4.74 Å². The fraction of sp³-hybridized carbons (Fsp3) is 0.462. The monoisotopic (exact) mass is 258 g/mol. The largest absolute Gasteiger partial charge is 0.489 e. The maximum absolute atomic E-state index is 12.6. The summed E-state index contributed by atoms with van der Waals surface area (Å²) in [6.45, 7) is 1.94. The van der Waals surface area contributed by atoms with E-state index >= 15 is 0 Å². The van der Waals surface area contributed by atoms with Crippen molar-refractivity contribution in [1.82, 2.24) is 0 Å². The number of ketones is 1. The SMILES string of the molecule is CCCC1CC(=O)c2ccc(C(F)(F)F)cc2O1. The minimum atomic E-state index is -4.42. The summed E-state index contributed by atoms with van der Waals surface area (Å²) in [4.78, 5) is 11.8. The summed E-state index contributed by atoms with van der Waals surface area (Å²) in [5.74, 6) is -0.0945. The summed E-state index contributed by atoms with van der Waals surface area (Å²) < 4.78 is 43.1. The van der Waals surface area contributed by atoms with Crippen LogP contribution in [-0.4, -0.2) is 11.9 Å². The highest BCUT2D eigenvalue weighted by molar-refractivity contribution is 6.00. The van der Waals surface area contributed by atoms with Gasteiger partial charge in [-0.05, 0) is 24.6 Å². The number of Topliss-reactive ketones (excluding diaryl/α,β-unsaturated/α-hetero) is 1. The standard InChI is InChI=1S/C13H13F3O2/c1-2-3-9-7-11(17)10-5-4-8(13(14,15)16)6-12(10)18-9/h4-6,9H,2-3,7H2,1H3. The van der Waals surface area contributed by atoms with Gasteiger partial charge in [-0.2, -0.15) is 13.2 Å². The number of fused-ring (bicyclic) bond motifs is 1. The molecule has 0 saturated heterocycles. The average Bonchev–Trinajstić information content (AvgIpc) is 2.27. The van der Waals surface area contributed by atoms with Crippen molar-refractivity contribution in [2.45, 2.75) is 38.5 Å². The van der Waals surface area contributed by atoms with Gasteiger partial charge in [-0.25, -0.2) is 0 Å². The number of halogens is 3. The van der Waals surface area contributed by atoms with E-state index in [2.05, 4.69) is 0 Å². The Morgan fingerprint density at radius 1 is 1.39 bits per heavy atom. The molecule has 0 aliphatic carbocycles. The van der Waals surface area contributed by atoms with Crippen LogP contribution in [0.2, 0.25) is 0 Å². The first kappa shape index (κ1) is 12.9. The number of rotatable bonds is 2. The third-order valence-electron chi connectivity index (χ3n) is 2.93. The first-order valence-electron chi connectivity index (χ1n) is 5.83. The predicted octanol–water partition coefficient (Wildman–Crippen LogP) is 3.84. The number of alkyl halides is 3. The van der Waals surface area contributed by atoms with Gasteiger partial charge >= 0.3 is 6.18 Å². The molecule has 98 valence electrons. The molecule has 1 aromatic rings. The van der Waals surface area contributed by atoms with Crippen LogP contribution >= 0.6 is 0 Å². The number of carbonyl (C=O) groups is 1. The highest BCUT2D eigenvalue weighted by atomic mass is 19.4. The first-order valence-corrected chi connectivity index (χ1v) is 5.83. The van der Waals surface area contributed by atoms with Gasteiger partial charge in [0.25, 0.3) is 0 Å². The smallest absolute Gasteiger partial charge is 0.416 e. The molecule has 0 spiro atoms. The van der Waals surface area contributed by atoms with Crippen molar-refractivity contribution in [3.8, 4) is 5.75 Å². The summed E-state index contributed by atoms with van der Waals surface area (Å²) in [5, 5.41) is 0. The molecule has 0 amide bonds. The van der Waals surface area contributed by atoms with Crippen LogP contribution in [0.25, 0.3) is 0 Å². The van der Waals surface area contributed by atoms with Gasteiger partial charge in [-0.3, -0.25) is 4.79 Å². The molecule has 1 heterocycles. The lowest BCUT2D eigenvalue weighted by Gasteiger charge is -2.25. The van der Waals surface area contributed by atoms with Gasteiger partial charge in [-0.1, -0.05) is 13.3 Å². The fourth-order valence-corrected chi connectivity index (χ4v) is 2.05. The van der Waals surface area contributed by atoms with E-state index in [9.17, 15) is 18.0 Å². The van der Waals surface area contributed by atoms with Gasteiger partial charge in [-0.15, -0.1) is 0 Å². The average molecular weight is 258 g/mol. The van der Waals surface area contributed by atoms with Crippen molar-refractivity contribution in [3.63, 3.8) is 0 Å². The molecular formula is C13H13F3O2. The summed E-state index contributed by atoms with van der Waals surface area (Å²) in [6.07, 6.45) is -2.99. The summed E-state index contributed by atoms with van der Waals surface area (Å²) in [7, 11) is 0. The minimum Gasteiger partial charge on any atom is -0.489 e. The molecule has 0 aromatic heterocycles. The summed E-state index contributed by atoms with van der Waals surface area (Å²) >= 11 is 0. The van der Waals surface area contributed by atoms with Gasteiger partial charge in [0, 0.05) is 6.42 Å². The molecule has 2 nitrogen and oxygen atoms in total. The van der Waals surface area contributed by atoms with Crippen LogP contribution in [0.1, 0.15) is 42.1 Å². The molecule has 0 saturated carbocycles. The Kier molecular flexibility index (Phi) is 3.32. The second-order valence-electron chi connectivity index (χ2n) is 4.36. The lowest BCUT2D eigenvalue weighted by atomic mass is 9.97. The Bertz CT molecular complexity index is 466. The molecule has 1 aliphatic rings. The molecular weight excluding hydrogens is 245 g/mol. The Hall–Kier alpha value is -1.52. The molecule has 1 atom stereocenters. The second-order valence-corrected chi connectivity index (χ2v) is 4.36. The van der Waals surface area contributed by atoms with E-state index in [0.29, 0.717) is 6.42 Å². The third-order valence-corrected chi connectivity index (χ3v) is 2.93. The Morgan fingerprint density at radius 3 is 2.72 bits per heavy atom. The van der Waals surface area contributed by atoms with E-state index in [4.69, 9.17) is 4.74 Å². The molecule has 1 aromatic carbocycles. The second kappa shape index (κ2) is 4.63. The maximum Gasteiger partial charge on any atom is 0.416 e. The van der Waals surface area contributed by atoms with E-state index in [1.807, 2.05) is 6.92 Å². The van der Waals surface area contributed by atoms with Crippen LogP contribution in [0.15, 0.2) is 18.2 Å². The van der Waals surface area contributed by atoms with Crippen LogP contribution in [0.4, 0.5) is 13.2 Å². The molecule has 18 heavy (non-hydrogen) atoms. The third kappa shape index (κ3) is 2.49. The zero-order valence-corrected chi connectivity index (χ0v) is 9.88. The molecule has 0 bridgehead atoms. The van der Waals surface area contributed by atoms with Crippen LogP contribution in [-0.2, 0) is 6.18 Å². The molecule has 0 fully saturated rings. The van der Waals surface area contributed by atoms with E-state index in [-0.39, 0.29) is 29.6 Å².